The smallest absolute Gasteiger partial charge is 0.407 e. The van der Waals surface area contributed by atoms with E-state index in [1.807, 2.05) is 24.3 Å². The lowest BCUT2D eigenvalue weighted by molar-refractivity contribution is -0.156. The summed E-state index contributed by atoms with van der Waals surface area (Å²) in [7, 11) is 0. The molecule has 0 saturated heterocycles. The largest absolute Gasteiger partial charge is 0.479 e. The number of hydrogen-bond acceptors (Lipinski definition) is 5. The molecule has 0 aromatic heterocycles. The van der Waals surface area contributed by atoms with E-state index in [2.05, 4.69) is 34.9 Å². The third-order valence-corrected chi connectivity index (χ3v) is 7.26. The lowest BCUT2D eigenvalue weighted by atomic mass is 9.73. The van der Waals surface area contributed by atoms with Crippen LogP contribution in [0, 0.1) is 5.41 Å². The quantitative estimate of drug-likeness (QED) is 0.459. The molecular formula is C27H32N2O6. The summed E-state index contributed by atoms with van der Waals surface area (Å²) in [6.45, 7) is 0.997. The topological polar surface area (TPSA) is 125 Å². The number of aliphatic carboxylic acids is 1. The Morgan fingerprint density at radius 3 is 2.11 bits per heavy atom. The van der Waals surface area contributed by atoms with Crippen molar-refractivity contribution in [3.8, 4) is 11.1 Å². The zero-order valence-corrected chi connectivity index (χ0v) is 19.9. The van der Waals surface area contributed by atoms with Crippen molar-refractivity contribution in [2.24, 2.45) is 5.41 Å². The lowest BCUT2D eigenvalue weighted by Crippen LogP contribution is -2.54. The molecule has 186 valence electrons. The van der Waals surface area contributed by atoms with Crippen LogP contribution in [-0.2, 0) is 14.3 Å². The Kier molecular flexibility index (Phi) is 7.12. The van der Waals surface area contributed by atoms with E-state index in [9.17, 15) is 19.5 Å². The molecule has 0 heterocycles. The summed E-state index contributed by atoms with van der Waals surface area (Å²) >= 11 is 0. The van der Waals surface area contributed by atoms with Gasteiger partial charge in [0.25, 0.3) is 0 Å². The van der Waals surface area contributed by atoms with Gasteiger partial charge in [-0.2, -0.15) is 0 Å². The lowest BCUT2D eigenvalue weighted by Gasteiger charge is -2.36. The van der Waals surface area contributed by atoms with Gasteiger partial charge < -0.3 is 25.6 Å². The second kappa shape index (κ2) is 10.1. The molecule has 0 radical (unpaired) electrons. The normalized spacial score (nSPS) is 18.0. The molecule has 1 fully saturated rings. The molecule has 8 nitrogen and oxygen atoms in total. The molecule has 0 aliphatic heterocycles. The fourth-order valence-corrected chi connectivity index (χ4v) is 5.12. The molecule has 2 amide bonds. The van der Waals surface area contributed by atoms with Crippen molar-refractivity contribution in [2.75, 3.05) is 19.7 Å². The molecule has 2 aliphatic rings. The molecule has 0 spiro atoms. The Bertz CT molecular complexity index is 1060. The number of ether oxygens (including phenoxy) is 1. The molecule has 0 bridgehead atoms. The first-order valence-electron chi connectivity index (χ1n) is 12.1. The minimum absolute atomic E-state index is 0.0571. The summed E-state index contributed by atoms with van der Waals surface area (Å²) in [4.78, 5) is 36.9. The van der Waals surface area contributed by atoms with Gasteiger partial charge >= 0.3 is 12.1 Å². The highest BCUT2D eigenvalue weighted by molar-refractivity contribution is 5.85. The summed E-state index contributed by atoms with van der Waals surface area (Å²) in [6.07, 6.45) is 3.19. The van der Waals surface area contributed by atoms with E-state index in [4.69, 9.17) is 9.84 Å². The van der Waals surface area contributed by atoms with Crippen LogP contribution < -0.4 is 10.6 Å². The first-order valence-corrected chi connectivity index (χ1v) is 12.1. The summed E-state index contributed by atoms with van der Waals surface area (Å²) in [6, 6.07) is 16.2. The second-order valence-corrected chi connectivity index (χ2v) is 9.78. The molecule has 1 atom stereocenters. The number of benzene rings is 2. The van der Waals surface area contributed by atoms with Crippen LogP contribution in [0.4, 0.5) is 4.79 Å². The van der Waals surface area contributed by atoms with Gasteiger partial charge in [-0.15, -0.1) is 0 Å². The number of amides is 2. The molecule has 2 aliphatic carbocycles. The Hall–Kier alpha value is -3.39. The van der Waals surface area contributed by atoms with Gasteiger partial charge in [0.2, 0.25) is 5.91 Å². The van der Waals surface area contributed by atoms with Crippen molar-refractivity contribution in [1.29, 1.82) is 0 Å². The van der Waals surface area contributed by atoms with Crippen molar-refractivity contribution in [3.05, 3.63) is 59.7 Å². The molecule has 35 heavy (non-hydrogen) atoms. The fraction of sp³-hybridized carbons (Fsp3) is 0.444. The van der Waals surface area contributed by atoms with Gasteiger partial charge in [-0.1, -0.05) is 67.8 Å². The van der Waals surface area contributed by atoms with Gasteiger partial charge in [-0.05, 0) is 42.0 Å². The number of aliphatic hydroxyl groups is 1. The molecule has 4 rings (SSSR count). The van der Waals surface area contributed by atoms with Gasteiger partial charge in [0, 0.05) is 12.5 Å². The average molecular weight is 481 g/mol. The number of carboxylic acid groups (broad SMARTS) is 1. The number of rotatable bonds is 8. The predicted octanol–water partition coefficient (Wildman–Crippen LogP) is 3.43. The highest BCUT2D eigenvalue weighted by atomic mass is 16.5. The van der Waals surface area contributed by atoms with Crippen LogP contribution in [0.3, 0.4) is 0 Å². The van der Waals surface area contributed by atoms with Gasteiger partial charge in [-0.25, -0.2) is 9.59 Å². The van der Waals surface area contributed by atoms with Crippen LogP contribution in [0.25, 0.3) is 11.1 Å². The van der Waals surface area contributed by atoms with Crippen molar-refractivity contribution < 1.29 is 29.3 Å². The Labute approximate surface area is 204 Å². The maximum absolute atomic E-state index is 13.0. The standard InChI is InChI=1S/C27H32N2O6/c1-26(34,24(31)32)16-28-23(30)27(13-7-2-8-14-27)17-29-25(33)35-15-22-20-11-5-3-9-18(20)19-10-4-6-12-21(19)22/h3-6,9-12,22,34H,2,7-8,13-17H2,1H3,(H,28,30)(H,29,33)(H,31,32). The van der Waals surface area contributed by atoms with Crippen molar-refractivity contribution in [1.82, 2.24) is 10.6 Å². The third kappa shape index (κ3) is 5.17. The van der Waals surface area contributed by atoms with Gasteiger partial charge in [0.05, 0.1) is 12.0 Å². The summed E-state index contributed by atoms with van der Waals surface area (Å²) in [5, 5.41) is 24.4. The molecule has 1 saturated carbocycles. The number of nitrogens with one attached hydrogen (secondary N) is 2. The Balaban J connectivity index is 1.37. The van der Waals surface area contributed by atoms with Gasteiger partial charge in [0.1, 0.15) is 6.61 Å². The number of carbonyl (C=O) groups excluding carboxylic acids is 2. The van der Waals surface area contributed by atoms with E-state index in [0.717, 1.165) is 48.4 Å². The minimum Gasteiger partial charge on any atom is -0.479 e. The summed E-state index contributed by atoms with van der Waals surface area (Å²) in [5.41, 5.74) is 1.61. The van der Waals surface area contributed by atoms with Gasteiger partial charge in [0.15, 0.2) is 5.60 Å². The Morgan fingerprint density at radius 2 is 1.54 bits per heavy atom. The monoisotopic (exact) mass is 480 g/mol. The maximum atomic E-state index is 13.0. The first kappa shape index (κ1) is 24.7. The van der Waals surface area contributed by atoms with E-state index in [-0.39, 0.29) is 25.0 Å². The summed E-state index contributed by atoms with van der Waals surface area (Å²) in [5.74, 6) is -1.83. The van der Waals surface area contributed by atoms with Crippen LogP contribution >= 0.6 is 0 Å². The van der Waals surface area contributed by atoms with Crippen LogP contribution in [0.5, 0.6) is 0 Å². The third-order valence-electron chi connectivity index (χ3n) is 7.26. The fourth-order valence-electron chi connectivity index (χ4n) is 5.12. The van der Waals surface area contributed by atoms with E-state index < -0.39 is 29.6 Å². The number of hydrogen-bond donors (Lipinski definition) is 4. The van der Waals surface area contributed by atoms with E-state index >= 15 is 0 Å². The van der Waals surface area contributed by atoms with Crippen LogP contribution in [-0.4, -0.2) is 53.5 Å². The zero-order chi connectivity index (χ0) is 25.1. The molecule has 8 heteroatoms. The second-order valence-electron chi connectivity index (χ2n) is 9.78. The summed E-state index contributed by atoms with van der Waals surface area (Å²) < 4.78 is 5.60. The molecule has 4 N–H and O–H groups in total. The number of carbonyl (C=O) groups is 3. The van der Waals surface area contributed by atoms with Crippen LogP contribution in [0.1, 0.15) is 56.1 Å². The minimum atomic E-state index is -2.06. The highest BCUT2D eigenvalue weighted by Crippen LogP contribution is 2.44. The SMILES string of the molecule is CC(O)(CNC(=O)C1(CNC(=O)OCC2c3ccccc3-c3ccccc32)CCCCC1)C(=O)O. The van der Waals surface area contributed by atoms with E-state index in [1.54, 1.807) is 0 Å². The van der Waals surface area contributed by atoms with E-state index in [1.165, 1.54) is 0 Å². The highest BCUT2D eigenvalue weighted by Gasteiger charge is 2.41. The number of alkyl carbamates (subject to hydrolysis) is 1. The van der Waals surface area contributed by atoms with Crippen LogP contribution in [0.2, 0.25) is 0 Å². The number of carboxylic acids is 1. The predicted molar refractivity (Wildman–Crippen MR) is 130 cm³/mol. The average Bonchev–Trinajstić information content (AvgIpc) is 3.19. The zero-order valence-electron chi connectivity index (χ0n) is 19.9. The van der Waals surface area contributed by atoms with Gasteiger partial charge in [-0.3, -0.25) is 4.79 Å². The van der Waals surface area contributed by atoms with Crippen LogP contribution in [0.15, 0.2) is 48.5 Å². The van der Waals surface area contributed by atoms with E-state index in [0.29, 0.717) is 12.8 Å². The molecular weight excluding hydrogens is 448 g/mol. The van der Waals surface area contributed by atoms with Crippen molar-refractivity contribution in [3.63, 3.8) is 0 Å². The Morgan fingerprint density at radius 1 is 0.971 bits per heavy atom. The molecule has 2 aromatic carbocycles. The molecule has 1 unspecified atom stereocenters. The van der Waals surface area contributed by atoms with Crippen molar-refractivity contribution in [2.45, 2.75) is 50.5 Å². The molecule has 2 aromatic rings. The first-order chi connectivity index (χ1) is 16.7. The van der Waals surface area contributed by atoms with Crippen molar-refractivity contribution >= 4 is 18.0 Å². The maximum Gasteiger partial charge on any atom is 0.407 e. The number of fused-ring (bicyclic) bond motifs is 3.